The van der Waals surface area contributed by atoms with E-state index in [-0.39, 0.29) is 0 Å². The van der Waals surface area contributed by atoms with Crippen molar-refractivity contribution in [3.63, 3.8) is 0 Å². The van der Waals surface area contributed by atoms with E-state index in [1.165, 1.54) is 17.8 Å². The fraction of sp³-hybridized carbons (Fsp3) is 0.409. The minimum absolute atomic E-state index is 0.554. The maximum absolute atomic E-state index is 11.8. The van der Waals surface area contributed by atoms with Crippen LogP contribution in [0.5, 0.6) is 5.75 Å². The predicted molar refractivity (Wildman–Crippen MR) is 104 cm³/mol. The maximum Gasteiger partial charge on any atom is 0.271 e. The number of β-amino-alcohol motifs (C(OH)–C–C–N with tert-alkyl or cyclic N) is 1. The summed E-state index contributed by atoms with van der Waals surface area (Å²) < 4.78 is 7.51. The van der Waals surface area contributed by atoms with E-state index in [1.54, 1.807) is 7.11 Å². The molecule has 4 heteroatoms. The van der Waals surface area contributed by atoms with Crippen molar-refractivity contribution in [1.29, 1.82) is 0 Å². The Morgan fingerprint density at radius 1 is 1.08 bits per heavy atom. The van der Waals surface area contributed by atoms with Crippen molar-refractivity contribution in [2.24, 2.45) is 0 Å². The normalized spacial score (nSPS) is 22.5. The molecule has 0 spiro atoms. The molecule has 0 bridgehead atoms. The van der Waals surface area contributed by atoms with E-state index in [9.17, 15) is 5.11 Å². The number of benzene rings is 2. The summed E-state index contributed by atoms with van der Waals surface area (Å²) >= 11 is 0. The summed E-state index contributed by atoms with van der Waals surface area (Å²) in [6.07, 6.45) is 3.29. The predicted octanol–water partition coefficient (Wildman–Crippen LogP) is 3.57. The Bertz CT molecular complexity index is 857. The van der Waals surface area contributed by atoms with Gasteiger partial charge in [0.25, 0.3) is 11.6 Å². The van der Waals surface area contributed by atoms with Gasteiger partial charge in [-0.2, -0.15) is 0 Å². The Balaban J connectivity index is 1.79. The lowest BCUT2D eigenvalue weighted by molar-refractivity contribution is -0.661. The van der Waals surface area contributed by atoms with Gasteiger partial charge in [0.2, 0.25) is 0 Å². The third-order valence-electron chi connectivity index (χ3n) is 5.68. The SMILES string of the molecule is COc1ccc(N2C[C@@](O)(c3ccc(C)cc3C)[N+]3=C2CCCC3)cc1. The number of ether oxygens (including phenoxy) is 1. The fourth-order valence-electron chi connectivity index (χ4n) is 4.39. The smallest absolute Gasteiger partial charge is 0.271 e. The van der Waals surface area contributed by atoms with Gasteiger partial charge in [-0.05, 0) is 56.5 Å². The molecule has 1 N–H and O–H groups in total. The van der Waals surface area contributed by atoms with E-state index < -0.39 is 5.72 Å². The molecule has 1 atom stereocenters. The largest absolute Gasteiger partial charge is 0.497 e. The number of methoxy groups -OCH3 is 1. The maximum atomic E-state index is 11.8. The molecule has 0 radical (unpaired) electrons. The van der Waals surface area contributed by atoms with Crippen molar-refractivity contribution in [2.75, 3.05) is 25.1 Å². The van der Waals surface area contributed by atoms with E-state index in [2.05, 4.69) is 53.7 Å². The molecule has 0 fully saturated rings. The van der Waals surface area contributed by atoms with Crippen molar-refractivity contribution in [3.8, 4) is 5.75 Å². The van der Waals surface area contributed by atoms with E-state index >= 15 is 0 Å². The van der Waals surface area contributed by atoms with Crippen LogP contribution in [-0.4, -0.2) is 35.7 Å². The zero-order valence-electron chi connectivity index (χ0n) is 15.8. The zero-order chi connectivity index (χ0) is 18.3. The standard InChI is InChI=1S/C22H27N2O2/c1-16-7-12-20(17(2)14-16)22(25)15-23(21-6-4-5-13-24(21)22)18-8-10-19(26-3)11-9-18/h7-12,14,25H,4-6,13,15H2,1-3H3/q+1/t22-/m1/s1. The van der Waals surface area contributed by atoms with Crippen LogP contribution in [-0.2, 0) is 5.72 Å². The monoisotopic (exact) mass is 351 g/mol. The van der Waals surface area contributed by atoms with Gasteiger partial charge in [0, 0.05) is 12.0 Å². The van der Waals surface area contributed by atoms with Gasteiger partial charge in [-0.1, -0.05) is 23.8 Å². The number of anilines is 1. The average molecular weight is 351 g/mol. The summed E-state index contributed by atoms with van der Waals surface area (Å²) in [5, 5.41) is 11.8. The molecule has 26 heavy (non-hydrogen) atoms. The van der Waals surface area contributed by atoms with Gasteiger partial charge in [-0.15, -0.1) is 0 Å². The highest BCUT2D eigenvalue weighted by molar-refractivity contribution is 5.96. The molecular weight excluding hydrogens is 324 g/mol. The fourth-order valence-corrected chi connectivity index (χ4v) is 4.39. The molecule has 0 unspecified atom stereocenters. The number of aliphatic hydroxyl groups is 1. The number of hydrogen-bond acceptors (Lipinski definition) is 3. The van der Waals surface area contributed by atoms with Gasteiger partial charge in [0.15, 0.2) is 6.54 Å². The van der Waals surface area contributed by atoms with Crippen LogP contribution in [0.2, 0.25) is 0 Å². The summed E-state index contributed by atoms with van der Waals surface area (Å²) in [5.41, 5.74) is 3.51. The number of hydrogen-bond donors (Lipinski definition) is 1. The van der Waals surface area contributed by atoms with Crippen LogP contribution < -0.4 is 9.64 Å². The van der Waals surface area contributed by atoms with Gasteiger partial charge < -0.3 is 9.84 Å². The quantitative estimate of drug-likeness (QED) is 0.859. The highest BCUT2D eigenvalue weighted by atomic mass is 16.5. The summed E-state index contributed by atoms with van der Waals surface area (Å²) in [4.78, 5) is 2.28. The summed E-state index contributed by atoms with van der Waals surface area (Å²) in [6.45, 7) is 5.64. The Morgan fingerprint density at radius 3 is 2.54 bits per heavy atom. The van der Waals surface area contributed by atoms with Crippen molar-refractivity contribution in [3.05, 3.63) is 59.2 Å². The van der Waals surface area contributed by atoms with Gasteiger partial charge in [-0.3, -0.25) is 0 Å². The van der Waals surface area contributed by atoms with Gasteiger partial charge in [0.1, 0.15) is 11.4 Å². The molecule has 136 valence electrons. The topological polar surface area (TPSA) is 35.7 Å². The Kier molecular flexibility index (Phi) is 4.23. The van der Waals surface area contributed by atoms with Crippen LogP contribution in [0.25, 0.3) is 0 Å². The number of aryl methyl sites for hydroxylation is 2. The third-order valence-corrected chi connectivity index (χ3v) is 5.68. The molecule has 4 nitrogen and oxygen atoms in total. The summed E-state index contributed by atoms with van der Waals surface area (Å²) in [6, 6.07) is 14.5. The van der Waals surface area contributed by atoms with Gasteiger partial charge >= 0.3 is 0 Å². The first-order valence-corrected chi connectivity index (χ1v) is 9.38. The van der Waals surface area contributed by atoms with Crippen molar-refractivity contribution in [2.45, 2.75) is 38.8 Å². The average Bonchev–Trinajstić information content (AvgIpc) is 2.96. The lowest BCUT2D eigenvalue weighted by atomic mass is 9.95. The summed E-state index contributed by atoms with van der Waals surface area (Å²) in [7, 11) is 1.68. The molecule has 2 heterocycles. The molecule has 0 aromatic heterocycles. The molecule has 2 aliphatic rings. The highest BCUT2D eigenvalue weighted by Crippen LogP contribution is 2.37. The van der Waals surface area contributed by atoms with Crippen LogP contribution in [0.15, 0.2) is 42.5 Å². The lowest BCUT2D eigenvalue weighted by Gasteiger charge is -2.26. The minimum Gasteiger partial charge on any atom is -0.497 e. The van der Waals surface area contributed by atoms with E-state index in [0.29, 0.717) is 6.54 Å². The molecule has 2 aliphatic heterocycles. The minimum atomic E-state index is -0.979. The Morgan fingerprint density at radius 2 is 1.85 bits per heavy atom. The van der Waals surface area contributed by atoms with Crippen LogP contribution in [0.3, 0.4) is 0 Å². The Labute approximate surface area is 155 Å². The van der Waals surface area contributed by atoms with E-state index in [4.69, 9.17) is 4.74 Å². The van der Waals surface area contributed by atoms with Gasteiger partial charge in [-0.25, -0.2) is 9.48 Å². The van der Waals surface area contributed by atoms with Crippen molar-refractivity contribution < 1.29 is 14.4 Å². The van der Waals surface area contributed by atoms with Crippen LogP contribution in [0.1, 0.15) is 36.0 Å². The van der Waals surface area contributed by atoms with E-state index in [1.807, 2.05) is 12.1 Å². The molecule has 4 rings (SSSR count). The number of nitrogens with zero attached hydrogens (tertiary/aromatic N) is 2. The molecule has 0 saturated carbocycles. The second kappa shape index (κ2) is 6.44. The van der Waals surface area contributed by atoms with Crippen LogP contribution in [0, 0.1) is 13.8 Å². The first kappa shape index (κ1) is 17.1. The van der Waals surface area contributed by atoms with Crippen molar-refractivity contribution in [1.82, 2.24) is 0 Å². The van der Waals surface area contributed by atoms with Crippen LogP contribution >= 0.6 is 0 Å². The van der Waals surface area contributed by atoms with Crippen LogP contribution in [0.4, 0.5) is 5.69 Å². The molecule has 2 aromatic rings. The molecule has 0 saturated heterocycles. The number of amidine groups is 1. The second-order valence-corrected chi connectivity index (χ2v) is 7.44. The first-order chi connectivity index (χ1) is 12.5. The van der Waals surface area contributed by atoms with Gasteiger partial charge in [0.05, 0.1) is 13.7 Å². The van der Waals surface area contributed by atoms with E-state index in [0.717, 1.165) is 42.0 Å². The molecular formula is C22H27N2O2+. The lowest BCUT2D eigenvalue weighted by Crippen LogP contribution is -2.42. The molecule has 0 aliphatic carbocycles. The first-order valence-electron chi connectivity index (χ1n) is 9.38. The Hall–Kier alpha value is -2.33. The third kappa shape index (κ3) is 2.69. The molecule has 2 aromatic carbocycles. The summed E-state index contributed by atoms with van der Waals surface area (Å²) in [5.74, 6) is 2.08. The highest BCUT2D eigenvalue weighted by Gasteiger charge is 2.53. The number of rotatable bonds is 3. The molecule has 0 amide bonds. The van der Waals surface area contributed by atoms with Crippen molar-refractivity contribution >= 4 is 11.5 Å². The second-order valence-electron chi connectivity index (χ2n) is 7.44. The zero-order valence-corrected chi connectivity index (χ0v) is 15.8.